The van der Waals surface area contributed by atoms with Gasteiger partial charge in [-0.3, -0.25) is 4.90 Å². The van der Waals surface area contributed by atoms with Crippen LogP contribution in [0.4, 0.5) is 0 Å². The van der Waals surface area contributed by atoms with E-state index in [0.717, 1.165) is 60.0 Å². The van der Waals surface area contributed by atoms with Crippen molar-refractivity contribution in [3.63, 3.8) is 0 Å². The van der Waals surface area contributed by atoms with Gasteiger partial charge in [-0.1, -0.05) is 18.2 Å². The Hall–Kier alpha value is -3.97. The van der Waals surface area contributed by atoms with Crippen LogP contribution in [-0.2, 0) is 19.5 Å². The zero-order valence-electron chi connectivity index (χ0n) is 17.4. The van der Waals surface area contributed by atoms with Gasteiger partial charge in [0, 0.05) is 49.6 Å². The molecule has 7 nitrogen and oxygen atoms in total. The minimum absolute atomic E-state index is 0.645. The van der Waals surface area contributed by atoms with E-state index >= 15 is 0 Å². The summed E-state index contributed by atoms with van der Waals surface area (Å²) in [5, 5.41) is 4.83. The lowest BCUT2D eigenvalue weighted by atomic mass is 10.1. The first-order valence-corrected chi connectivity index (χ1v) is 10.6. The molecule has 0 amide bonds. The fourth-order valence-electron chi connectivity index (χ4n) is 4.13. The Morgan fingerprint density at radius 3 is 2.50 bits per heavy atom. The molecule has 1 aliphatic rings. The van der Waals surface area contributed by atoms with E-state index in [0.29, 0.717) is 11.6 Å². The normalized spacial score (nSPS) is 13.9. The molecule has 0 aliphatic carbocycles. The molecule has 4 aromatic heterocycles. The summed E-state index contributed by atoms with van der Waals surface area (Å²) in [7, 11) is 0. The Balaban J connectivity index is 1.27. The van der Waals surface area contributed by atoms with Crippen molar-refractivity contribution in [2.24, 2.45) is 0 Å². The van der Waals surface area contributed by atoms with Crippen molar-refractivity contribution in [3.05, 3.63) is 96.3 Å². The average Bonchev–Trinajstić information content (AvgIpc) is 3.61. The van der Waals surface area contributed by atoms with Gasteiger partial charge in [0.2, 0.25) is 0 Å². The molecule has 32 heavy (non-hydrogen) atoms. The largest absolute Gasteiger partial charge is 0.463 e. The van der Waals surface area contributed by atoms with Crippen molar-refractivity contribution < 1.29 is 8.83 Å². The number of rotatable bonds is 5. The quantitative estimate of drug-likeness (QED) is 0.407. The maximum absolute atomic E-state index is 5.68. The predicted molar refractivity (Wildman–Crippen MR) is 119 cm³/mol. The van der Waals surface area contributed by atoms with Crippen molar-refractivity contribution in [2.45, 2.75) is 19.5 Å². The first-order valence-electron chi connectivity index (χ1n) is 10.6. The van der Waals surface area contributed by atoms with Crippen molar-refractivity contribution in [1.29, 1.82) is 0 Å². The topological polar surface area (TPSA) is 73.1 Å². The Labute approximate surface area is 185 Å². The van der Waals surface area contributed by atoms with Gasteiger partial charge in [0.05, 0.1) is 23.9 Å². The highest BCUT2D eigenvalue weighted by molar-refractivity contribution is 5.57. The van der Waals surface area contributed by atoms with E-state index < -0.39 is 0 Å². The van der Waals surface area contributed by atoms with Crippen molar-refractivity contribution in [2.75, 3.05) is 6.54 Å². The number of hydrogen-bond donors (Lipinski definition) is 0. The molecule has 6 rings (SSSR count). The number of furan rings is 2. The lowest BCUT2D eigenvalue weighted by Crippen LogP contribution is -2.31. The minimum Gasteiger partial charge on any atom is -0.463 e. The average molecular weight is 423 g/mol. The predicted octanol–water partition coefficient (Wildman–Crippen LogP) is 4.74. The van der Waals surface area contributed by atoms with Gasteiger partial charge in [-0.05, 0) is 36.4 Å². The van der Waals surface area contributed by atoms with Crippen LogP contribution < -0.4 is 0 Å². The number of aromatic nitrogens is 4. The lowest BCUT2D eigenvalue weighted by Gasteiger charge is -2.27. The van der Waals surface area contributed by atoms with E-state index in [2.05, 4.69) is 16.1 Å². The third-order valence-electron chi connectivity index (χ3n) is 5.71. The monoisotopic (exact) mass is 423 g/mol. The van der Waals surface area contributed by atoms with Crippen LogP contribution in [-0.4, -0.2) is 31.2 Å². The molecule has 5 heterocycles. The first kappa shape index (κ1) is 18.8. The zero-order chi connectivity index (χ0) is 21.3. The van der Waals surface area contributed by atoms with Gasteiger partial charge in [0.15, 0.2) is 17.3 Å². The summed E-state index contributed by atoms with van der Waals surface area (Å²) < 4.78 is 13.0. The summed E-state index contributed by atoms with van der Waals surface area (Å²) in [6, 6.07) is 17.7. The molecule has 0 bridgehead atoms. The molecule has 0 N–H and O–H groups in total. The maximum atomic E-state index is 5.68. The van der Waals surface area contributed by atoms with Gasteiger partial charge in [0.1, 0.15) is 5.69 Å². The van der Waals surface area contributed by atoms with Crippen LogP contribution in [0, 0.1) is 0 Å². The third-order valence-corrected chi connectivity index (χ3v) is 5.71. The number of fused-ring (bicyclic) bond motifs is 1. The van der Waals surface area contributed by atoms with Crippen LogP contribution in [0.25, 0.3) is 28.7 Å². The third kappa shape index (κ3) is 3.52. The number of para-hydroxylation sites is 1. The molecule has 0 saturated carbocycles. The SMILES string of the molecule is c1ccc(-n2cc(CN3CCc4nc(-c5ccco5)ncc4C3)c(-c3ccco3)n2)cc1. The summed E-state index contributed by atoms with van der Waals surface area (Å²) in [4.78, 5) is 11.7. The Kier molecular flexibility index (Phi) is 4.66. The van der Waals surface area contributed by atoms with Gasteiger partial charge in [-0.2, -0.15) is 5.10 Å². The van der Waals surface area contributed by atoms with Gasteiger partial charge in [0.25, 0.3) is 0 Å². The molecule has 0 fully saturated rings. The van der Waals surface area contributed by atoms with E-state index in [1.54, 1.807) is 12.5 Å². The highest BCUT2D eigenvalue weighted by atomic mass is 16.3. The standard InChI is InChI=1S/C25H21N5O2/c1-2-6-20(7-3-1)30-17-19(24(28-30)22-8-4-12-31-22)16-29-11-10-21-18(15-29)14-26-25(27-21)23-9-5-13-32-23/h1-9,12-14,17H,10-11,15-16H2. The van der Waals surface area contributed by atoms with Crippen LogP contribution in [0.5, 0.6) is 0 Å². The zero-order valence-corrected chi connectivity index (χ0v) is 17.4. The molecule has 7 heteroatoms. The van der Waals surface area contributed by atoms with E-state index in [9.17, 15) is 0 Å². The van der Waals surface area contributed by atoms with Crippen LogP contribution in [0.2, 0.25) is 0 Å². The molecule has 0 saturated heterocycles. The van der Waals surface area contributed by atoms with Gasteiger partial charge in [-0.25, -0.2) is 14.6 Å². The van der Waals surface area contributed by atoms with E-state index in [1.165, 1.54) is 0 Å². The Bertz CT molecular complexity index is 1320. The second-order valence-corrected chi connectivity index (χ2v) is 7.86. The van der Waals surface area contributed by atoms with Gasteiger partial charge in [-0.15, -0.1) is 0 Å². The van der Waals surface area contributed by atoms with E-state index in [-0.39, 0.29) is 0 Å². The highest BCUT2D eigenvalue weighted by Gasteiger charge is 2.22. The van der Waals surface area contributed by atoms with Crippen molar-refractivity contribution in [3.8, 4) is 28.7 Å². The molecule has 0 spiro atoms. The van der Waals surface area contributed by atoms with Crippen molar-refractivity contribution >= 4 is 0 Å². The summed E-state index contributed by atoms with van der Waals surface area (Å²) in [6.07, 6.45) is 8.22. The molecule has 0 radical (unpaired) electrons. The second kappa shape index (κ2) is 7.94. The lowest BCUT2D eigenvalue weighted by molar-refractivity contribution is 0.243. The summed E-state index contributed by atoms with van der Waals surface area (Å²) in [5.74, 6) is 2.12. The highest BCUT2D eigenvalue weighted by Crippen LogP contribution is 2.28. The Morgan fingerprint density at radius 2 is 1.72 bits per heavy atom. The van der Waals surface area contributed by atoms with Crippen LogP contribution >= 0.6 is 0 Å². The second-order valence-electron chi connectivity index (χ2n) is 7.86. The van der Waals surface area contributed by atoms with Crippen LogP contribution in [0.15, 0.2) is 88.4 Å². The molecule has 158 valence electrons. The fourth-order valence-corrected chi connectivity index (χ4v) is 4.13. The molecule has 5 aromatic rings. The first-order chi connectivity index (χ1) is 15.8. The number of benzene rings is 1. The Morgan fingerprint density at radius 1 is 0.906 bits per heavy atom. The summed E-state index contributed by atoms with van der Waals surface area (Å²) >= 11 is 0. The molecule has 1 aliphatic heterocycles. The van der Waals surface area contributed by atoms with E-state index in [1.807, 2.05) is 65.5 Å². The van der Waals surface area contributed by atoms with E-state index in [4.69, 9.17) is 18.9 Å². The summed E-state index contributed by atoms with van der Waals surface area (Å²) in [5.41, 5.74) is 5.26. The molecule has 0 atom stereocenters. The number of nitrogens with zero attached hydrogens (tertiary/aromatic N) is 5. The molecule has 0 unspecified atom stereocenters. The summed E-state index contributed by atoms with van der Waals surface area (Å²) in [6.45, 7) is 2.47. The molecular formula is C25H21N5O2. The smallest absolute Gasteiger partial charge is 0.195 e. The van der Waals surface area contributed by atoms with Crippen LogP contribution in [0.3, 0.4) is 0 Å². The van der Waals surface area contributed by atoms with Gasteiger partial charge < -0.3 is 8.83 Å². The van der Waals surface area contributed by atoms with Crippen LogP contribution in [0.1, 0.15) is 16.8 Å². The number of hydrogen-bond acceptors (Lipinski definition) is 6. The maximum Gasteiger partial charge on any atom is 0.195 e. The van der Waals surface area contributed by atoms with Gasteiger partial charge >= 0.3 is 0 Å². The van der Waals surface area contributed by atoms with Crippen molar-refractivity contribution in [1.82, 2.24) is 24.6 Å². The molecule has 1 aromatic carbocycles. The fraction of sp³-hybridized carbons (Fsp3) is 0.160. The molecular weight excluding hydrogens is 402 g/mol. The minimum atomic E-state index is 0.645.